The largest absolute Gasteiger partial charge is 0.338 e. The van der Waals surface area contributed by atoms with E-state index in [1.54, 1.807) is 0 Å². The van der Waals surface area contributed by atoms with E-state index in [1.165, 1.54) is 6.33 Å². The van der Waals surface area contributed by atoms with E-state index in [9.17, 15) is 9.59 Å². The third kappa shape index (κ3) is 5.18. The normalized spacial score (nSPS) is 21.3. The zero-order valence-electron chi connectivity index (χ0n) is 16.4. The number of aromatic amines is 1. The van der Waals surface area contributed by atoms with Gasteiger partial charge in [0.25, 0.3) is 0 Å². The first kappa shape index (κ1) is 19.6. The number of nitrogens with one attached hydrogen (secondary N) is 2. The number of likely N-dealkylation sites (tertiary alicyclic amines) is 2. The summed E-state index contributed by atoms with van der Waals surface area (Å²) in [6.45, 7) is 3.70. The standard InChI is InChI=1S/C18H31N7O2/c1-23(2)11-12-25-15(3-4-16(25)26)5-8-19-18(27)24-9-6-14(7-10-24)17-20-13-21-22-17/h13-15H,3-12H2,1-2H3,(H,19,27)(H,20,21,22)/t15-/m1/s1. The van der Waals surface area contributed by atoms with Gasteiger partial charge in [-0.25, -0.2) is 9.78 Å². The Balaban J connectivity index is 1.37. The summed E-state index contributed by atoms with van der Waals surface area (Å²) >= 11 is 0. The van der Waals surface area contributed by atoms with Crippen molar-refractivity contribution in [3.63, 3.8) is 0 Å². The van der Waals surface area contributed by atoms with Crippen LogP contribution in [-0.2, 0) is 4.79 Å². The average Bonchev–Trinajstić information content (AvgIpc) is 3.30. The lowest BCUT2D eigenvalue weighted by molar-refractivity contribution is -0.129. The minimum atomic E-state index is -0.00446. The molecule has 2 fully saturated rings. The van der Waals surface area contributed by atoms with Gasteiger partial charge >= 0.3 is 6.03 Å². The molecule has 0 radical (unpaired) electrons. The van der Waals surface area contributed by atoms with E-state index in [0.29, 0.717) is 18.9 Å². The number of hydrogen-bond donors (Lipinski definition) is 2. The lowest BCUT2D eigenvalue weighted by Crippen LogP contribution is -2.45. The molecule has 2 saturated heterocycles. The molecular weight excluding hydrogens is 346 g/mol. The van der Waals surface area contributed by atoms with Crippen LogP contribution in [-0.4, -0.2) is 94.7 Å². The smallest absolute Gasteiger partial charge is 0.317 e. The van der Waals surface area contributed by atoms with Gasteiger partial charge in [-0.05, 0) is 39.8 Å². The monoisotopic (exact) mass is 377 g/mol. The molecule has 2 N–H and O–H groups in total. The van der Waals surface area contributed by atoms with Crippen LogP contribution < -0.4 is 5.32 Å². The summed E-state index contributed by atoms with van der Waals surface area (Å²) in [5.41, 5.74) is 0. The van der Waals surface area contributed by atoms with Gasteiger partial charge < -0.3 is 20.0 Å². The highest BCUT2D eigenvalue weighted by atomic mass is 16.2. The quantitative estimate of drug-likeness (QED) is 0.727. The number of likely N-dealkylation sites (N-methyl/N-ethyl adjacent to an activating group) is 1. The van der Waals surface area contributed by atoms with Crippen LogP contribution in [0.2, 0.25) is 0 Å². The maximum Gasteiger partial charge on any atom is 0.317 e. The maximum absolute atomic E-state index is 12.4. The molecule has 9 nitrogen and oxygen atoms in total. The fraction of sp³-hybridized carbons (Fsp3) is 0.778. The van der Waals surface area contributed by atoms with Gasteiger partial charge in [0, 0.05) is 51.1 Å². The van der Waals surface area contributed by atoms with E-state index >= 15 is 0 Å². The predicted molar refractivity (Wildman–Crippen MR) is 101 cm³/mol. The summed E-state index contributed by atoms with van der Waals surface area (Å²) in [5, 5.41) is 9.86. The third-order valence-electron chi connectivity index (χ3n) is 5.60. The highest BCUT2D eigenvalue weighted by molar-refractivity contribution is 5.78. The molecule has 0 bridgehead atoms. The van der Waals surface area contributed by atoms with Gasteiger partial charge in [-0.2, -0.15) is 5.10 Å². The molecule has 0 aliphatic carbocycles. The number of hydrogen-bond acceptors (Lipinski definition) is 5. The molecule has 0 saturated carbocycles. The van der Waals surface area contributed by atoms with Crippen LogP contribution >= 0.6 is 0 Å². The second-order valence-corrected chi connectivity index (χ2v) is 7.74. The molecule has 2 aliphatic heterocycles. The van der Waals surface area contributed by atoms with Crippen LogP contribution in [0.15, 0.2) is 6.33 Å². The van der Waals surface area contributed by atoms with Crippen molar-refractivity contribution in [3.05, 3.63) is 12.2 Å². The predicted octanol–water partition coefficient (Wildman–Crippen LogP) is 0.636. The Morgan fingerprint density at radius 2 is 2.11 bits per heavy atom. The Kier molecular flexibility index (Phi) is 6.65. The van der Waals surface area contributed by atoms with Crippen molar-refractivity contribution in [1.29, 1.82) is 0 Å². The van der Waals surface area contributed by atoms with E-state index in [-0.39, 0.29) is 18.0 Å². The van der Waals surface area contributed by atoms with E-state index in [2.05, 4.69) is 25.4 Å². The summed E-state index contributed by atoms with van der Waals surface area (Å²) < 4.78 is 0. The van der Waals surface area contributed by atoms with Gasteiger partial charge in [0.2, 0.25) is 5.91 Å². The van der Waals surface area contributed by atoms with Gasteiger partial charge in [0.05, 0.1) is 0 Å². The van der Waals surface area contributed by atoms with Crippen molar-refractivity contribution in [2.45, 2.75) is 44.1 Å². The first-order valence-corrected chi connectivity index (χ1v) is 9.87. The molecule has 9 heteroatoms. The van der Waals surface area contributed by atoms with Gasteiger partial charge in [0.15, 0.2) is 0 Å². The molecule has 1 atom stereocenters. The van der Waals surface area contributed by atoms with Crippen molar-refractivity contribution in [3.8, 4) is 0 Å². The molecule has 1 aromatic rings. The van der Waals surface area contributed by atoms with Crippen molar-refractivity contribution >= 4 is 11.9 Å². The first-order valence-electron chi connectivity index (χ1n) is 9.87. The molecule has 0 spiro atoms. The zero-order chi connectivity index (χ0) is 19.2. The molecular formula is C18H31N7O2. The van der Waals surface area contributed by atoms with Gasteiger partial charge in [-0.1, -0.05) is 0 Å². The molecule has 0 unspecified atom stereocenters. The number of carbonyl (C=O) groups excluding carboxylic acids is 2. The summed E-state index contributed by atoms with van der Waals surface area (Å²) in [7, 11) is 4.03. The van der Waals surface area contributed by atoms with Crippen LogP contribution in [0.1, 0.15) is 43.8 Å². The molecule has 2 aliphatic rings. The number of carbonyl (C=O) groups is 2. The number of piperidine rings is 1. The van der Waals surface area contributed by atoms with Crippen LogP contribution in [0.4, 0.5) is 4.79 Å². The topological polar surface area (TPSA) is 97.5 Å². The summed E-state index contributed by atoms with van der Waals surface area (Å²) in [5.74, 6) is 1.51. The van der Waals surface area contributed by atoms with E-state index in [0.717, 1.165) is 57.7 Å². The molecule has 3 rings (SSSR count). The van der Waals surface area contributed by atoms with Gasteiger partial charge in [-0.3, -0.25) is 9.89 Å². The summed E-state index contributed by atoms with van der Waals surface area (Å²) in [6.07, 6.45) is 5.67. The second kappa shape index (κ2) is 9.16. The van der Waals surface area contributed by atoms with Gasteiger partial charge in [0.1, 0.15) is 12.2 Å². The van der Waals surface area contributed by atoms with Gasteiger partial charge in [-0.15, -0.1) is 0 Å². The number of aromatic nitrogens is 3. The van der Waals surface area contributed by atoms with Crippen LogP contribution in [0, 0.1) is 0 Å². The minimum Gasteiger partial charge on any atom is -0.338 e. The summed E-state index contributed by atoms with van der Waals surface area (Å²) in [6, 6.07) is 0.241. The molecule has 3 heterocycles. The van der Waals surface area contributed by atoms with Crippen LogP contribution in [0.5, 0.6) is 0 Å². The Bertz CT molecular complexity index is 611. The molecule has 0 aromatic carbocycles. The molecule has 3 amide bonds. The lowest BCUT2D eigenvalue weighted by Gasteiger charge is -2.31. The highest BCUT2D eigenvalue weighted by Gasteiger charge is 2.30. The van der Waals surface area contributed by atoms with Crippen LogP contribution in [0.3, 0.4) is 0 Å². The number of urea groups is 1. The fourth-order valence-electron chi connectivity index (χ4n) is 3.93. The van der Waals surface area contributed by atoms with Crippen molar-refractivity contribution in [2.75, 3.05) is 46.8 Å². The van der Waals surface area contributed by atoms with Crippen molar-refractivity contribution in [2.24, 2.45) is 0 Å². The third-order valence-corrected chi connectivity index (χ3v) is 5.60. The highest BCUT2D eigenvalue weighted by Crippen LogP contribution is 2.25. The minimum absolute atomic E-state index is 0.00446. The number of amides is 3. The van der Waals surface area contributed by atoms with E-state index in [4.69, 9.17) is 0 Å². The SMILES string of the molecule is CN(C)CCN1C(=O)CC[C@@H]1CCNC(=O)N1CCC(c2ncn[nH]2)CC1. The Morgan fingerprint density at radius 3 is 2.78 bits per heavy atom. The lowest BCUT2D eigenvalue weighted by atomic mass is 9.96. The number of nitrogens with zero attached hydrogens (tertiary/aromatic N) is 5. The number of rotatable bonds is 7. The zero-order valence-corrected chi connectivity index (χ0v) is 16.4. The Morgan fingerprint density at radius 1 is 1.33 bits per heavy atom. The molecule has 150 valence electrons. The number of H-pyrrole nitrogens is 1. The molecule has 27 heavy (non-hydrogen) atoms. The fourth-order valence-corrected chi connectivity index (χ4v) is 3.93. The maximum atomic E-state index is 12.4. The van der Waals surface area contributed by atoms with E-state index in [1.807, 2.05) is 23.9 Å². The van der Waals surface area contributed by atoms with Crippen molar-refractivity contribution in [1.82, 2.24) is 35.2 Å². The van der Waals surface area contributed by atoms with Crippen LogP contribution in [0.25, 0.3) is 0 Å². The summed E-state index contributed by atoms with van der Waals surface area (Å²) in [4.78, 5) is 34.7. The second-order valence-electron chi connectivity index (χ2n) is 7.74. The Hall–Kier alpha value is -2.16. The van der Waals surface area contributed by atoms with E-state index < -0.39 is 0 Å². The average molecular weight is 377 g/mol. The Labute approximate surface area is 160 Å². The molecule has 1 aromatic heterocycles. The first-order chi connectivity index (χ1) is 13.0. The van der Waals surface area contributed by atoms with Crippen molar-refractivity contribution < 1.29 is 9.59 Å².